The summed E-state index contributed by atoms with van der Waals surface area (Å²) in [6.45, 7) is 0. The standard InChI is InChI=1S/C13H17N3O2S/c1-17-10-3-9(4-11(5-10)18-2)13(16-14)6-12-7-15-8-19-12/h3-5,7-8,13,16H,6,14H2,1-2H3. The molecule has 0 aliphatic carbocycles. The second kappa shape index (κ2) is 6.51. The van der Waals surface area contributed by atoms with E-state index < -0.39 is 0 Å². The molecule has 19 heavy (non-hydrogen) atoms. The average Bonchev–Trinajstić information content (AvgIpc) is 2.97. The van der Waals surface area contributed by atoms with E-state index in [1.807, 2.05) is 29.9 Å². The van der Waals surface area contributed by atoms with E-state index in [2.05, 4.69) is 10.4 Å². The van der Waals surface area contributed by atoms with Crippen LogP contribution in [0.25, 0.3) is 0 Å². The zero-order chi connectivity index (χ0) is 13.7. The van der Waals surface area contributed by atoms with E-state index >= 15 is 0 Å². The molecule has 1 atom stereocenters. The molecule has 0 fully saturated rings. The van der Waals surface area contributed by atoms with Gasteiger partial charge in [0.1, 0.15) is 11.5 Å². The highest BCUT2D eigenvalue weighted by Crippen LogP contribution is 2.28. The molecule has 3 N–H and O–H groups in total. The van der Waals surface area contributed by atoms with Crippen molar-refractivity contribution in [1.82, 2.24) is 10.4 Å². The number of nitrogens with zero attached hydrogens (tertiary/aromatic N) is 1. The van der Waals surface area contributed by atoms with Crippen molar-refractivity contribution < 1.29 is 9.47 Å². The van der Waals surface area contributed by atoms with Gasteiger partial charge in [0.05, 0.1) is 25.8 Å². The molecule has 1 heterocycles. The topological polar surface area (TPSA) is 69.4 Å². The Bertz CT molecular complexity index is 494. The first-order chi connectivity index (χ1) is 9.26. The largest absolute Gasteiger partial charge is 0.497 e. The molecule has 0 aliphatic heterocycles. The summed E-state index contributed by atoms with van der Waals surface area (Å²) in [6, 6.07) is 5.73. The fraction of sp³-hybridized carbons (Fsp3) is 0.308. The number of ether oxygens (including phenoxy) is 2. The number of aromatic nitrogens is 1. The Morgan fingerprint density at radius 2 is 1.95 bits per heavy atom. The minimum absolute atomic E-state index is 0.00977. The van der Waals surface area contributed by atoms with Crippen molar-refractivity contribution in [2.45, 2.75) is 12.5 Å². The van der Waals surface area contributed by atoms with Gasteiger partial charge in [-0.3, -0.25) is 16.3 Å². The Kier molecular flexibility index (Phi) is 4.73. The highest BCUT2D eigenvalue weighted by molar-refractivity contribution is 7.09. The third-order valence-corrected chi connectivity index (χ3v) is 3.67. The van der Waals surface area contributed by atoms with Crippen molar-refractivity contribution in [3.8, 4) is 11.5 Å². The van der Waals surface area contributed by atoms with Gasteiger partial charge in [0.25, 0.3) is 0 Å². The van der Waals surface area contributed by atoms with E-state index in [1.165, 1.54) is 4.88 Å². The van der Waals surface area contributed by atoms with Crippen LogP contribution in [0, 0.1) is 0 Å². The molecule has 0 spiro atoms. The number of thiazole rings is 1. The predicted octanol–water partition coefficient (Wildman–Crippen LogP) is 1.91. The van der Waals surface area contributed by atoms with Crippen LogP contribution in [-0.2, 0) is 6.42 Å². The van der Waals surface area contributed by atoms with Crippen molar-refractivity contribution in [3.05, 3.63) is 40.3 Å². The average molecular weight is 279 g/mol. The van der Waals surface area contributed by atoms with E-state index in [0.29, 0.717) is 0 Å². The van der Waals surface area contributed by atoms with Crippen molar-refractivity contribution in [3.63, 3.8) is 0 Å². The zero-order valence-electron chi connectivity index (χ0n) is 10.9. The quantitative estimate of drug-likeness (QED) is 0.624. The van der Waals surface area contributed by atoms with Crippen LogP contribution in [0.3, 0.4) is 0 Å². The van der Waals surface area contributed by atoms with Crippen molar-refractivity contribution in [1.29, 1.82) is 0 Å². The molecule has 0 saturated carbocycles. The van der Waals surface area contributed by atoms with Crippen LogP contribution in [-0.4, -0.2) is 19.2 Å². The van der Waals surface area contributed by atoms with Gasteiger partial charge in [-0.05, 0) is 17.7 Å². The van der Waals surface area contributed by atoms with Crippen molar-refractivity contribution in [2.24, 2.45) is 5.84 Å². The molecular formula is C13H17N3O2S. The number of benzene rings is 1. The zero-order valence-corrected chi connectivity index (χ0v) is 11.7. The van der Waals surface area contributed by atoms with Gasteiger partial charge in [-0.15, -0.1) is 11.3 Å². The maximum atomic E-state index is 5.66. The summed E-state index contributed by atoms with van der Waals surface area (Å²) in [5.41, 5.74) is 5.66. The number of hydrogen-bond acceptors (Lipinski definition) is 6. The first-order valence-corrected chi connectivity index (χ1v) is 6.71. The van der Waals surface area contributed by atoms with Crippen molar-refractivity contribution >= 4 is 11.3 Å². The van der Waals surface area contributed by atoms with E-state index in [0.717, 1.165) is 23.5 Å². The molecule has 5 nitrogen and oxygen atoms in total. The van der Waals surface area contributed by atoms with Gasteiger partial charge in [-0.25, -0.2) is 0 Å². The summed E-state index contributed by atoms with van der Waals surface area (Å²) in [7, 11) is 3.26. The van der Waals surface area contributed by atoms with Gasteiger partial charge in [-0.2, -0.15) is 0 Å². The number of hydrazine groups is 1. The van der Waals surface area contributed by atoms with Gasteiger partial charge in [-0.1, -0.05) is 0 Å². The van der Waals surface area contributed by atoms with Crippen LogP contribution in [0.1, 0.15) is 16.5 Å². The maximum Gasteiger partial charge on any atom is 0.122 e. The Labute approximate surface area is 116 Å². The second-order valence-electron chi connectivity index (χ2n) is 4.04. The van der Waals surface area contributed by atoms with Gasteiger partial charge in [0, 0.05) is 23.6 Å². The minimum atomic E-state index is -0.00977. The fourth-order valence-corrected chi connectivity index (χ4v) is 2.49. The lowest BCUT2D eigenvalue weighted by atomic mass is 10.0. The smallest absolute Gasteiger partial charge is 0.122 e. The lowest BCUT2D eigenvalue weighted by Gasteiger charge is -2.17. The number of methoxy groups -OCH3 is 2. The summed E-state index contributed by atoms with van der Waals surface area (Å²) in [5, 5.41) is 0. The number of rotatable bonds is 6. The normalized spacial score (nSPS) is 12.2. The Morgan fingerprint density at radius 3 is 2.42 bits per heavy atom. The lowest BCUT2D eigenvalue weighted by molar-refractivity contribution is 0.391. The lowest BCUT2D eigenvalue weighted by Crippen LogP contribution is -2.29. The highest BCUT2D eigenvalue weighted by atomic mass is 32.1. The summed E-state index contributed by atoms with van der Waals surface area (Å²) in [4.78, 5) is 5.24. The summed E-state index contributed by atoms with van der Waals surface area (Å²) < 4.78 is 10.5. The summed E-state index contributed by atoms with van der Waals surface area (Å²) in [5.74, 6) is 7.16. The molecule has 2 aromatic rings. The van der Waals surface area contributed by atoms with Gasteiger partial charge >= 0.3 is 0 Å². The van der Waals surface area contributed by atoms with Gasteiger partial charge < -0.3 is 9.47 Å². The molecule has 0 amide bonds. The second-order valence-corrected chi connectivity index (χ2v) is 5.01. The molecule has 6 heteroatoms. The molecule has 102 valence electrons. The first-order valence-electron chi connectivity index (χ1n) is 5.83. The Balaban J connectivity index is 2.26. The third kappa shape index (κ3) is 3.44. The molecule has 2 rings (SSSR count). The van der Waals surface area contributed by atoms with E-state index in [-0.39, 0.29) is 6.04 Å². The van der Waals surface area contributed by atoms with E-state index in [4.69, 9.17) is 15.3 Å². The van der Waals surface area contributed by atoms with Crippen LogP contribution >= 0.6 is 11.3 Å². The van der Waals surface area contributed by atoms with Gasteiger partial charge in [0.15, 0.2) is 0 Å². The van der Waals surface area contributed by atoms with Crippen LogP contribution in [0.4, 0.5) is 0 Å². The number of hydrogen-bond donors (Lipinski definition) is 2. The highest BCUT2D eigenvalue weighted by Gasteiger charge is 2.14. The van der Waals surface area contributed by atoms with Crippen molar-refractivity contribution in [2.75, 3.05) is 14.2 Å². The van der Waals surface area contributed by atoms with Gasteiger partial charge in [0.2, 0.25) is 0 Å². The van der Waals surface area contributed by atoms with Crippen LogP contribution in [0.2, 0.25) is 0 Å². The molecule has 1 aromatic carbocycles. The van der Waals surface area contributed by atoms with Crippen LogP contribution < -0.4 is 20.7 Å². The minimum Gasteiger partial charge on any atom is -0.497 e. The van der Waals surface area contributed by atoms with Crippen LogP contribution in [0.5, 0.6) is 11.5 Å². The summed E-state index contributed by atoms with van der Waals surface area (Å²) in [6.07, 6.45) is 2.63. The number of nitrogens with one attached hydrogen (secondary N) is 1. The molecule has 1 unspecified atom stereocenters. The third-order valence-electron chi connectivity index (χ3n) is 2.87. The fourth-order valence-electron chi connectivity index (χ4n) is 1.85. The Hall–Kier alpha value is -1.63. The molecule has 1 aromatic heterocycles. The van der Waals surface area contributed by atoms with E-state index in [9.17, 15) is 0 Å². The molecule has 0 aliphatic rings. The predicted molar refractivity (Wildman–Crippen MR) is 75.4 cm³/mol. The molecule has 0 saturated heterocycles. The monoisotopic (exact) mass is 279 g/mol. The molecule has 0 bridgehead atoms. The Morgan fingerprint density at radius 1 is 1.26 bits per heavy atom. The molecule has 0 radical (unpaired) electrons. The maximum absolute atomic E-state index is 5.66. The number of nitrogens with two attached hydrogens (primary N) is 1. The first kappa shape index (κ1) is 13.8. The molecular weight excluding hydrogens is 262 g/mol. The SMILES string of the molecule is COc1cc(OC)cc(C(Cc2cncs2)NN)c1. The van der Waals surface area contributed by atoms with E-state index in [1.54, 1.807) is 25.6 Å². The summed E-state index contributed by atoms with van der Waals surface area (Å²) >= 11 is 1.61. The van der Waals surface area contributed by atoms with Crippen LogP contribution in [0.15, 0.2) is 29.9 Å².